The van der Waals surface area contributed by atoms with E-state index in [0.717, 1.165) is 30.2 Å². The Morgan fingerprint density at radius 1 is 1.59 bits per heavy atom. The summed E-state index contributed by atoms with van der Waals surface area (Å²) in [5.74, 6) is 0.972. The highest BCUT2D eigenvalue weighted by atomic mass is 32.2. The van der Waals surface area contributed by atoms with Gasteiger partial charge in [-0.3, -0.25) is 5.32 Å². The Hall–Kier alpha value is -1.12. The highest BCUT2D eigenvalue weighted by Crippen LogP contribution is 2.18. The fraction of sp³-hybridized carbons (Fsp3) is 0.583. The number of rotatable bonds is 7. The molecule has 1 aromatic rings. The van der Waals surface area contributed by atoms with Gasteiger partial charge in [0.25, 0.3) is 0 Å². The molecule has 0 aromatic carbocycles. The monoisotopic (exact) mass is 250 g/mol. The molecule has 0 saturated carbocycles. The quantitative estimate of drug-likeness (QED) is 0.457. The van der Waals surface area contributed by atoms with Crippen LogP contribution in [0.3, 0.4) is 0 Å². The first kappa shape index (κ1) is 13.9. The Morgan fingerprint density at radius 2 is 2.41 bits per heavy atom. The number of hydrogen-bond acceptors (Lipinski definition) is 5. The second-order valence-electron chi connectivity index (χ2n) is 3.97. The zero-order chi connectivity index (χ0) is 12.6. The van der Waals surface area contributed by atoms with Crippen molar-refractivity contribution in [2.75, 3.05) is 12.3 Å². The van der Waals surface area contributed by atoms with Crippen molar-refractivity contribution in [3.05, 3.63) is 18.6 Å². The van der Waals surface area contributed by atoms with Crippen LogP contribution in [0.5, 0.6) is 0 Å². The van der Waals surface area contributed by atoms with Crippen molar-refractivity contribution >= 4 is 11.8 Å². The molecule has 0 radical (unpaired) electrons. The molecule has 0 fully saturated rings. The van der Waals surface area contributed by atoms with Gasteiger partial charge in [-0.05, 0) is 38.1 Å². The molecule has 0 aliphatic carbocycles. The molecule has 0 bridgehead atoms. The third kappa shape index (κ3) is 5.16. The highest BCUT2D eigenvalue weighted by molar-refractivity contribution is 7.99. The predicted molar refractivity (Wildman–Crippen MR) is 69.7 cm³/mol. The van der Waals surface area contributed by atoms with Crippen LogP contribution in [-0.4, -0.2) is 27.8 Å². The van der Waals surface area contributed by atoms with Crippen LogP contribution in [0, 0.1) is 11.3 Å². The summed E-state index contributed by atoms with van der Waals surface area (Å²) in [4.78, 5) is 8.01. The van der Waals surface area contributed by atoms with E-state index in [-0.39, 0.29) is 0 Å². The third-order valence-electron chi connectivity index (χ3n) is 2.44. The number of aromatic nitrogens is 2. The van der Waals surface area contributed by atoms with Crippen LogP contribution in [0.1, 0.15) is 26.7 Å². The predicted octanol–water partition coefficient (Wildman–Crippen LogP) is 2.24. The van der Waals surface area contributed by atoms with E-state index in [1.54, 1.807) is 24.3 Å². The van der Waals surface area contributed by atoms with E-state index in [1.807, 2.05) is 19.9 Å². The van der Waals surface area contributed by atoms with Gasteiger partial charge in [-0.25, -0.2) is 9.97 Å². The van der Waals surface area contributed by atoms with Crippen LogP contribution in [0.2, 0.25) is 0 Å². The van der Waals surface area contributed by atoms with Crippen molar-refractivity contribution in [3.63, 3.8) is 0 Å². The van der Waals surface area contributed by atoms with Gasteiger partial charge in [-0.2, -0.15) is 5.26 Å². The average molecular weight is 250 g/mol. The van der Waals surface area contributed by atoms with E-state index in [4.69, 9.17) is 5.26 Å². The SMILES string of the molecule is CCNC(C)(C#N)CCCSc1ccncn1. The number of thioether (sulfide) groups is 1. The molecule has 1 heterocycles. The summed E-state index contributed by atoms with van der Waals surface area (Å²) in [5.41, 5.74) is -0.402. The smallest absolute Gasteiger partial charge is 0.116 e. The minimum atomic E-state index is -0.402. The average Bonchev–Trinajstić information content (AvgIpc) is 2.36. The maximum absolute atomic E-state index is 9.09. The summed E-state index contributed by atoms with van der Waals surface area (Å²) >= 11 is 1.70. The molecule has 1 atom stereocenters. The van der Waals surface area contributed by atoms with Crippen molar-refractivity contribution in [3.8, 4) is 6.07 Å². The van der Waals surface area contributed by atoms with Gasteiger partial charge in [-0.1, -0.05) is 6.92 Å². The normalized spacial score (nSPS) is 13.9. The Balaban J connectivity index is 2.26. The molecule has 5 heteroatoms. The molecule has 92 valence electrons. The van der Waals surface area contributed by atoms with Crippen molar-refractivity contribution in [1.29, 1.82) is 5.26 Å². The molecule has 0 amide bonds. The van der Waals surface area contributed by atoms with Gasteiger partial charge in [0.2, 0.25) is 0 Å². The first-order valence-corrected chi connectivity index (χ1v) is 6.74. The number of hydrogen-bond donors (Lipinski definition) is 1. The molecule has 0 aliphatic heterocycles. The molecular weight excluding hydrogens is 232 g/mol. The van der Waals surface area contributed by atoms with E-state index >= 15 is 0 Å². The van der Waals surface area contributed by atoms with Gasteiger partial charge in [0.05, 0.1) is 11.1 Å². The van der Waals surface area contributed by atoms with Crippen LogP contribution < -0.4 is 5.32 Å². The molecule has 4 nitrogen and oxygen atoms in total. The standard InChI is InChI=1S/C12H18N4S/c1-3-16-12(2,9-13)6-4-8-17-11-5-7-14-10-15-11/h5,7,10,16H,3-4,6,8H2,1-2H3. The maximum atomic E-state index is 9.09. The summed E-state index contributed by atoms with van der Waals surface area (Å²) < 4.78 is 0. The topological polar surface area (TPSA) is 61.6 Å². The molecule has 0 aliphatic rings. The maximum Gasteiger partial charge on any atom is 0.116 e. The minimum Gasteiger partial charge on any atom is -0.300 e. The lowest BCUT2D eigenvalue weighted by molar-refractivity contribution is 0.426. The largest absolute Gasteiger partial charge is 0.300 e. The Morgan fingerprint density at radius 3 is 3.00 bits per heavy atom. The third-order valence-corrected chi connectivity index (χ3v) is 3.47. The van der Waals surface area contributed by atoms with E-state index in [0.29, 0.717) is 0 Å². The number of nitrogens with one attached hydrogen (secondary N) is 1. The summed E-state index contributed by atoms with van der Waals surface area (Å²) in [5, 5.41) is 13.3. The highest BCUT2D eigenvalue weighted by Gasteiger charge is 2.21. The van der Waals surface area contributed by atoms with E-state index in [1.165, 1.54) is 0 Å². The van der Waals surface area contributed by atoms with Crippen molar-refractivity contribution in [1.82, 2.24) is 15.3 Å². The van der Waals surface area contributed by atoms with E-state index in [9.17, 15) is 0 Å². The van der Waals surface area contributed by atoms with Crippen LogP contribution in [0.25, 0.3) is 0 Å². The molecule has 1 aromatic heterocycles. The molecular formula is C12H18N4S. The van der Waals surface area contributed by atoms with Gasteiger partial charge in [0.15, 0.2) is 0 Å². The van der Waals surface area contributed by atoms with Crippen LogP contribution in [0.15, 0.2) is 23.6 Å². The number of nitriles is 1. The van der Waals surface area contributed by atoms with Crippen LogP contribution in [0.4, 0.5) is 0 Å². The second kappa shape index (κ2) is 7.25. The molecule has 1 unspecified atom stereocenters. The van der Waals surface area contributed by atoms with Crippen molar-refractivity contribution in [2.45, 2.75) is 37.3 Å². The first-order valence-electron chi connectivity index (χ1n) is 5.75. The van der Waals surface area contributed by atoms with Crippen LogP contribution in [-0.2, 0) is 0 Å². The zero-order valence-electron chi connectivity index (χ0n) is 10.3. The van der Waals surface area contributed by atoms with Gasteiger partial charge in [0, 0.05) is 6.20 Å². The lowest BCUT2D eigenvalue weighted by Crippen LogP contribution is -2.40. The molecule has 1 rings (SSSR count). The molecule has 17 heavy (non-hydrogen) atoms. The molecule has 1 N–H and O–H groups in total. The summed E-state index contributed by atoms with van der Waals surface area (Å²) in [6, 6.07) is 4.23. The summed E-state index contributed by atoms with van der Waals surface area (Å²) in [6.45, 7) is 4.79. The van der Waals surface area contributed by atoms with Crippen LogP contribution >= 0.6 is 11.8 Å². The lowest BCUT2D eigenvalue weighted by Gasteiger charge is -2.22. The Bertz CT molecular complexity index is 363. The fourth-order valence-electron chi connectivity index (χ4n) is 1.54. The minimum absolute atomic E-state index is 0.402. The van der Waals surface area contributed by atoms with E-state index in [2.05, 4.69) is 21.4 Å². The summed E-state index contributed by atoms with van der Waals surface area (Å²) in [6.07, 6.45) is 5.15. The second-order valence-corrected chi connectivity index (χ2v) is 5.09. The molecule has 0 spiro atoms. The fourth-order valence-corrected chi connectivity index (χ4v) is 2.32. The van der Waals surface area contributed by atoms with Gasteiger partial charge in [-0.15, -0.1) is 11.8 Å². The van der Waals surface area contributed by atoms with Crippen molar-refractivity contribution < 1.29 is 0 Å². The van der Waals surface area contributed by atoms with Gasteiger partial charge >= 0.3 is 0 Å². The van der Waals surface area contributed by atoms with Gasteiger partial charge in [0.1, 0.15) is 11.9 Å². The molecule has 0 saturated heterocycles. The Kier molecular flexibility index (Phi) is 5.95. The van der Waals surface area contributed by atoms with E-state index < -0.39 is 5.54 Å². The first-order chi connectivity index (χ1) is 8.20. The zero-order valence-corrected chi connectivity index (χ0v) is 11.1. The summed E-state index contributed by atoms with van der Waals surface area (Å²) in [7, 11) is 0. The van der Waals surface area contributed by atoms with Gasteiger partial charge < -0.3 is 0 Å². The number of nitrogens with zero attached hydrogens (tertiary/aromatic N) is 3. The van der Waals surface area contributed by atoms with Crippen molar-refractivity contribution in [2.24, 2.45) is 0 Å². The Labute approximate surface area is 107 Å². The lowest BCUT2D eigenvalue weighted by atomic mass is 9.98.